The second-order valence-electron chi connectivity index (χ2n) is 6.57. The van der Waals surface area contributed by atoms with E-state index in [1.54, 1.807) is 29.9 Å². The average Bonchev–Trinajstić information content (AvgIpc) is 3.13. The van der Waals surface area contributed by atoms with Crippen molar-refractivity contribution in [2.45, 2.75) is 59.6 Å². The number of carboxylic acids is 1. The number of thiophene rings is 1. The van der Waals surface area contributed by atoms with Gasteiger partial charge < -0.3 is 10.2 Å². The van der Waals surface area contributed by atoms with E-state index >= 15 is 0 Å². The molecule has 0 saturated heterocycles. The predicted octanol–water partition coefficient (Wildman–Crippen LogP) is 2.99. The maximum absolute atomic E-state index is 11.8. The summed E-state index contributed by atoms with van der Waals surface area (Å²) in [4.78, 5) is 13.8. The summed E-state index contributed by atoms with van der Waals surface area (Å²) in [6.45, 7) is 8.22. The van der Waals surface area contributed by atoms with Crippen molar-refractivity contribution < 1.29 is 15.0 Å². The van der Waals surface area contributed by atoms with E-state index in [0.717, 1.165) is 27.6 Å². The van der Waals surface area contributed by atoms with Crippen LogP contribution < -0.4 is 0 Å². The van der Waals surface area contributed by atoms with Crippen LogP contribution in [0, 0.1) is 12.3 Å². The summed E-state index contributed by atoms with van der Waals surface area (Å²) >= 11 is 1.57. The molecule has 2 N–H and O–H groups in total. The van der Waals surface area contributed by atoms with Crippen molar-refractivity contribution in [1.82, 2.24) is 15.0 Å². The monoisotopic (exact) mass is 351 g/mol. The molecule has 0 fully saturated rings. The third-order valence-corrected chi connectivity index (χ3v) is 5.78. The van der Waals surface area contributed by atoms with Crippen molar-refractivity contribution >= 4 is 17.3 Å². The summed E-state index contributed by atoms with van der Waals surface area (Å²) in [5, 5.41) is 27.3. The lowest BCUT2D eigenvalue weighted by Crippen LogP contribution is -2.31. The van der Waals surface area contributed by atoms with E-state index in [0.29, 0.717) is 12.8 Å². The zero-order chi connectivity index (χ0) is 17.9. The van der Waals surface area contributed by atoms with Crippen molar-refractivity contribution in [3.8, 4) is 0 Å². The fraction of sp³-hybridized carbons (Fsp3) is 0.588. The van der Waals surface area contributed by atoms with E-state index in [4.69, 9.17) is 0 Å². The molecule has 2 aromatic rings. The standard InChI is InChI=1S/C17H25N3O3S/c1-5-20-9-13(18-19-20)6-7-14(17(3,4)16(22)23)15-8-12(10-21)11(2)24-15/h8-9,14,21H,5-7,10H2,1-4H3,(H,22,23)/t14-/m1/s1. The summed E-state index contributed by atoms with van der Waals surface area (Å²) in [6.07, 6.45) is 3.25. The number of hydrogen-bond donors (Lipinski definition) is 2. The van der Waals surface area contributed by atoms with Crippen LogP contribution in [0.25, 0.3) is 0 Å². The van der Waals surface area contributed by atoms with Crippen LogP contribution in [0.1, 0.15) is 54.1 Å². The van der Waals surface area contributed by atoms with Gasteiger partial charge in [-0.15, -0.1) is 16.4 Å². The first-order chi connectivity index (χ1) is 11.3. The number of nitrogens with zero attached hydrogens (tertiary/aromatic N) is 3. The maximum Gasteiger partial charge on any atom is 0.309 e. The molecule has 24 heavy (non-hydrogen) atoms. The Kier molecular flexibility index (Phi) is 5.77. The zero-order valence-corrected chi connectivity index (χ0v) is 15.4. The summed E-state index contributed by atoms with van der Waals surface area (Å²) < 4.78 is 1.77. The molecule has 0 unspecified atom stereocenters. The number of carboxylic acid groups (broad SMARTS) is 1. The molecule has 0 saturated carbocycles. The minimum Gasteiger partial charge on any atom is -0.481 e. The van der Waals surface area contributed by atoms with Gasteiger partial charge in [0.15, 0.2) is 0 Å². The molecule has 2 rings (SSSR count). The third-order valence-electron chi connectivity index (χ3n) is 4.58. The molecule has 0 aliphatic heterocycles. The van der Waals surface area contributed by atoms with E-state index in [1.807, 2.05) is 26.1 Å². The minimum atomic E-state index is -0.898. The first-order valence-corrected chi connectivity index (χ1v) is 8.93. The Bertz CT molecular complexity index is 706. The highest BCUT2D eigenvalue weighted by Gasteiger charge is 2.38. The summed E-state index contributed by atoms with van der Waals surface area (Å²) in [7, 11) is 0. The number of aliphatic carboxylic acids is 1. The van der Waals surface area contributed by atoms with Crippen LogP contribution >= 0.6 is 11.3 Å². The molecule has 0 aliphatic rings. The Morgan fingerprint density at radius 2 is 2.17 bits per heavy atom. The quantitative estimate of drug-likeness (QED) is 0.763. The Morgan fingerprint density at radius 1 is 1.46 bits per heavy atom. The molecule has 1 atom stereocenters. The molecule has 2 aromatic heterocycles. The number of aliphatic hydroxyl groups is 1. The zero-order valence-electron chi connectivity index (χ0n) is 14.6. The van der Waals surface area contributed by atoms with Crippen LogP contribution in [0.4, 0.5) is 0 Å². The summed E-state index contributed by atoms with van der Waals surface area (Å²) in [5.74, 6) is -0.966. The summed E-state index contributed by atoms with van der Waals surface area (Å²) in [6, 6.07) is 1.94. The van der Waals surface area contributed by atoms with Crippen molar-refractivity contribution in [2.24, 2.45) is 5.41 Å². The van der Waals surface area contributed by atoms with Crippen molar-refractivity contribution in [1.29, 1.82) is 0 Å². The van der Waals surface area contributed by atoms with Gasteiger partial charge in [-0.05, 0) is 52.2 Å². The second kappa shape index (κ2) is 7.44. The molecule has 0 spiro atoms. The molecular formula is C17H25N3O3S. The van der Waals surface area contributed by atoms with Gasteiger partial charge in [-0.3, -0.25) is 9.48 Å². The first kappa shape index (κ1) is 18.6. The van der Waals surface area contributed by atoms with Gasteiger partial charge in [0.25, 0.3) is 0 Å². The van der Waals surface area contributed by atoms with Crippen LogP contribution in [0.3, 0.4) is 0 Å². The Morgan fingerprint density at radius 3 is 2.67 bits per heavy atom. The van der Waals surface area contributed by atoms with Crippen LogP contribution in [0.5, 0.6) is 0 Å². The molecule has 0 radical (unpaired) electrons. The van der Waals surface area contributed by atoms with Crippen LogP contribution in [-0.2, 0) is 24.4 Å². The van der Waals surface area contributed by atoms with Gasteiger partial charge in [-0.1, -0.05) is 5.21 Å². The smallest absolute Gasteiger partial charge is 0.309 e. The molecule has 7 heteroatoms. The predicted molar refractivity (Wildman–Crippen MR) is 93.2 cm³/mol. The average molecular weight is 351 g/mol. The molecular weight excluding hydrogens is 326 g/mol. The molecule has 0 amide bonds. The number of hydrogen-bond acceptors (Lipinski definition) is 5. The van der Waals surface area contributed by atoms with Crippen molar-refractivity contribution in [3.05, 3.63) is 33.3 Å². The van der Waals surface area contributed by atoms with Crippen LogP contribution in [0.2, 0.25) is 0 Å². The van der Waals surface area contributed by atoms with Gasteiger partial charge >= 0.3 is 5.97 Å². The number of aliphatic hydroxyl groups excluding tert-OH is 1. The molecule has 0 aliphatic carbocycles. The van der Waals surface area contributed by atoms with E-state index in [2.05, 4.69) is 10.3 Å². The van der Waals surface area contributed by atoms with Crippen molar-refractivity contribution in [2.75, 3.05) is 0 Å². The van der Waals surface area contributed by atoms with E-state index in [-0.39, 0.29) is 12.5 Å². The van der Waals surface area contributed by atoms with E-state index < -0.39 is 11.4 Å². The number of carbonyl (C=O) groups is 1. The highest BCUT2D eigenvalue weighted by Crippen LogP contribution is 2.43. The third kappa shape index (κ3) is 3.84. The minimum absolute atomic E-state index is 0.0205. The van der Waals surface area contributed by atoms with Gasteiger partial charge in [-0.25, -0.2) is 0 Å². The fourth-order valence-electron chi connectivity index (χ4n) is 2.78. The largest absolute Gasteiger partial charge is 0.481 e. The lowest BCUT2D eigenvalue weighted by molar-refractivity contribution is -0.148. The van der Waals surface area contributed by atoms with Gasteiger partial charge in [0.2, 0.25) is 0 Å². The van der Waals surface area contributed by atoms with Gasteiger partial charge in [0.1, 0.15) is 0 Å². The second-order valence-corrected chi connectivity index (χ2v) is 7.86. The lowest BCUT2D eigenvalue weighted by atomic mass is 9.75. The summed E-state index contributed by atoms with van der Waals surface area (Å²) in [5.41, 5.74) is 0.849. The Balaban J connectivity index is 2.27. The van der Waals surface area contributed by atoms with Gasteiger partial charge in [0.05, 0.1) is 17.7 Å². The molecule has 0 aromatic carbocycles. The normalized spacial score (nSPS) is 13.2. The molecule has 0 bridgehead atoms. The number of rotatable bonds is 8. The molecule has 6 nitrogen and oxygen atoms in total. The van der Waals surface area contributed by atoms with E-state index in [1.165, 1.54) is 0 Å². The van der Waals surface area contributed by atoms with Crippen LogP contribution in [-0.4, -0.2) is 31.2 Å². The van der Waals surface area contributed by atoms with Crippen LogP contribution in [0.15, 0.2) is 12.3 Å². The Labute approximate surface area is 146 Å². The lowest BCUT2D eigenvalue weighted by Gasteiger charge is -2.29. The topological polar surface area (TPSA) is 88.2 Å². The SMILES string of the molecule is CCn1cc(CC[C@H](c2cc(CO)c(C)s2)C(C)(C)C(=O)O)nn1. The molecule has 2 heterocycles. The van der Waals surface area contributed by atoms with Gasteiger partial charge in [0, 0.05) is 28.4 Å². The first-order valence-electron chi connectivity index (χ1n) is 8.12. The highest BCUT2D eigenvalue weighted by molar-refractivity contribution is 7.12. The van der Waals surface area contributed by atoms with Gasteiger partial charge in [-0.2, -0.15) is 0 Å². The fourth-order valence-corrected chi connectivity index (χ4v) is 4.15. The van der Waals surface area contributed by atoms with E-state index in [9.17, 15) is 15.0 Å². The number of aryl methyl sites for hydroxylation is 3. The maximum atomic E-state index is 11.8. The molecule has 132 valence electrons. The number of aromatic nitrogens is 3. The van der Waals surface area contributed by atoms with Crippen molar-refractivity contribution in [3.63, 3.8) is 0 Å². The highest BCUT2D eigenvalue weighted by atomic mass is 32.1. The Hall–Kier alpha value is -1.73.